The molecule has 7 nitrogen and oxygen atoms in total. The molecule has 15 heavy (non-hydrogen) atoms. The topological polar surface area (TPSA) is 104 Å². The summed E-state index contributed by atoms with van der Waals surface area (Å²) in [5.41, 5.74) is 5.22. The van der Waals surface area contributed by atoms with Crippen molar-refractivity contribution >= 4 is 11.7 Å². The first kappa shape index (κ1) is 9.63. The van der Waals surface area contributed by atoms with Crippen molar-refractivity contribution in [1.82, 2.24) is 9.78 Å². The summed E-state index contributed by atoms with van der Waals surface area (Å²) in [5.74, 6) is -0.656. The molecule has 1 fully saturated rings. The van der Waals surface area contributed by atoms with Crippen LogP contribution >= 0.6 is 0 Å². The maximum atomic E-state index is 11.2. The van der Waals surface area contributed by atoms with Crippen molar-refractivity contribution < 1.29 is 9.72 Å². The molecule has 1 saturated carbocycles. The van der Waals surface area contributed by atoms with Gasteiger partial charge < -0.3 is 15.8 Å². The molecule has 0 radical (unpaired) electrons. The van der Waals surface area contributed by atoms with Crippen LogP contribution in [0.2, 0.25) is 0 Å². The molecule has 1 aromatic heterocycles. The molecule has 7 heteroatoms. The van der Waals surface area contributed by atoms with E-state index in [1.807, 2.05) is 0 Å². The van der Waals surface area contributed by atoms with Crippen molar-refractivity contribution in [2.75, 3.05) is 0 Å². The number of aromatic nitrogens is 2. The van der Waals surface area contributed by atoms with Gasteiger partial charge in [-0.25, -0.2) is 0 Å². The van der Waals surface area contributed by atoms with Gasteiger partial charge in [0.2, 0.25) is 6.04 Å². The Morgan fingerprint density at radius 3 is 2.87 bits per heavy atom. The highest BCUT2D eigenvalue weighted by Crippen LogP contribution is 2.40. The second-order valence-corrected chi connectivity index (χ2v) is 3.58. The van der Waals surface area contributed by atoms with Crippen LogP contribution in [0.1, 0.15) is 18.9 Å². The second-order valence-electron chi connectivity index (χ2n) is 3.58. The Bertz CT molecular complexity index is 410. The van der Waals surface area contributed by atoms with Gasteiger partial charge in [0.05, 0.1) is 12.3 Å². The summed E-state index contributed by atoms with van der Waals surface area (Å²) >= 11 is 0. The van der Waals surface area contributed by atoms with Crippen molar-refractivity contribution in [3.8, 4) is 0 Å². The largest absolute Gasteiger partial charge is 0.366 e. The van der Waals surface area contributed by atoms with E-state index in [0.29, 0.717) is 0 Å². The lowest BCUT2D eigenvalue weighted by molar-refractivity contribution is -0.393. The molecule has 0 saturated heterocycles. The quantitative estimate of drug-likeness (QED) is 0.567. The predicted molar refractivity (Wildman–Crippen MR) is 49.8 cm³/mol. The van der Waals surface area contributed by atoms with Crippen molar-refractivity contribution in [2.45, 2.75) is 18.9 Å². The minimum absolute atomic E-state index is 0.0982. The molecule has 2 rings (SSSR count). The van der Waals surface area contributed by atoms with Crippen LogP contribution in [-0.4, -0.2) is 20.6 Å². The van der Waals surface area contributed by atoms with Crippen LogP contribution in [0.15, 0.2) is 12.3 Å². The van der Waals surface area contributed by atoms with Crippen LogP contribution < -0.4 is 5.73 Å². The molecule has 2 N–H and O–H groups in total. The van der Waals surface area contributed by atoms with Crippen LogP contribution in [0.3, 0.4) is 0 Å². The molecule has 1 aliphatic rings. The highest BCUT2D eigenvalue weighted by Gasteiger charge is 2.42. The van der Waals surface area contributed by atoms with Crippen molar-refractivity contribution in [3.05, 3.63) is 22.4 Å². The third kappa shape index (κ3) is 1.67. The number of hydrogen-bond acceptors (Lipinski definition) is 4. The Morgan fingerprint density at radius 1 is 1.73 bits per heavy atom. The molecule has 0 spiro atoms. The first-order valence-corrected chi connectivity index (χ1v) is 4.58. The second kappa shape index (κ2) is 3.34. The van der Waals surface area contributed by atoms with Gasteiger partial charge in [0.1, 0.15) is 0 Å². The minimum Gasteiger partial charge on any atom is -0.366 e. The summed E-state index contributed by atoms with van der Waals surface area (Å²) in [7, 11) is 0. The van der Waals surface area contributed by atoms with Crippen LogP contribution in [-0.2, 0) is 4.79 Å². The zero-order valence-corrected chi connectivity index (χ0v) is 7.87. The first-order chi connectivity index (χ1) is 7.11. The molecule has 0 aromatic carbocycles. The number of carbonyl (C=O) groups excluding carboxylic acids is 1. The van der Waals surface area contributed by atoms with Gasteiger partial charge in [-0.15, -0.1) is 4.68 Å². The zero-order valence-electron chi connectivity index (χ0n) is 7.87. The highest BCUT2D eigenvalue weighted by molar-refractivity contribution is 5.79. The normalized spacial score (nSPS) is 17.3. The average molecular weight is 210 g/mol. The monoisotopic (exact) mass is 210 g/mol. The molecular formula is C8H10N4O3. The summed E-state index contributed by atoms with van der Waals surface area (Å²) in [4.78, 5) is 21.3. The van der Waals surface area contributed by atoms with Gasteiger partial charge in [-0.05, 0) is 17.8 Å². The van der Waals surface area contributed by atoms with Crippen LogP contribution in [0, 0.1) is 16.0 Å². The number of amides is 1. The average Bonchev–Trinajstić information content (AvgIpc) is 2.82. The predicted octanol–water partition coefficient (Wildman–Crippen LogP) is 0.228. The lowest BCUT2D eigenvalue weighted by Gasteiger charge is -2.08. The lowest BCUT2D eigenvalue weighted by atomic mass is 10.2. The Kier molecular flexibility index (Phi) is 2.14. The summed E-state index contributed by atoms with van der Waals surface area (Å²) in [6.45, 7) is 0. The van der Waals surface area contributed by atoms with Crippen LogP contribution in [0.5, 0.6) is 0 Å². The summed E-state index contributed by atoms with van der Waals surface area (Å²) in [6, 6.07) is 0.582. The number of hydrogen-bond donors (Lipinski definition) is 1. The van der Waals surface area contributed by atoms with E-state index in [1.54, 1.807) is 0 Å². The van der Waals surface area contributed by atoms with Crippen molar-refractivity contribution in [2.24, 2.45) is 11.7 Å². The van der Waals surface area contributed by atoms with Gasteiger partial charge in [-0.1, -0.05) is 5.10 Å². The molecule has 1 unspecified atom stereocenters. The van der Waals surface area contributed by atoms with Crippen LogP contribution in [0.4, 0.5) is 5.82 Å². The Labute approximate surface area is 85.0 Å². The van der Waals surface area contributed by atoms with E-state index in [4.69, 9.17) is 5.73 Å². The maximum Gasteiger partial charge on any atom is 0.345 e. The van der Waals surface area contributed by atoms with E-state index in [1.165, 1.54) is 12.3 Å². The molecule has 1 aliphatic carbocycles. The summed E-state index contributed by atoms with van der Waals surface area (Å²) in [5, 5.41) is 14.4. The van der Waals surface area contributed by atoms with E-state index < -0.39 is 16.9 Å². The van der Waals surface area contributed by atoms with Gasteiger partial charge in [0.25, 0.3) is 5.91 Å². The Morgan fingerprint density at radius 2 is 2.40 bits per heavy atom. The highest BCUT2D eigenvalue weighted by atomic mass is 16.6. The molecule has 1 amide bonds. The van der Waals surface area contributed by atoms with Crippen molar-refractivity contribution in [3.63, 3.8) is 0 Å². The lowest BCUT2D eigenvalue weighted by Crippen LogP contribution is -2.29. The molecule has 0 aliphatic heterocycles. The fourth-order valence-corrected chi connectivity index (χ4v) is 1.63. The van der Waals surface area contributed by atoms with Gasteiger partial charge >= 0.3 is 5.82 Å². The molecule has 1 aromatic rings. The van der Waals surface area contributed by atoms with Crippen molar-refractivity contribution in [1.29, 1.82) is 0 Å². The number of nitrogens with two attached hydrogens (primary N) is 1. The molecule has 1 atom stereocenters. The third-order valence-electron chi connectivity index (χ3n) is 2.46. The Hall–Kier alpha value is -1.92. The van der Waals surface area contributed by atoms with Gasteiger partial charge in [0.15, 0.2) is 0 Å². The zero-order chi connectivity index (χ0) is 11.0. The molecule has 0 bridgehead atoms. The van der Waals surface area contributed by atoms with Gasteiger partial charge in [0, 0.05) is 5.92 Å². The number of primary amides is 1. The number of nitro groups is 1. The van der Waals surface area contributed by atoms with E-state index >= 15 is 0 Å². The fraction of sp³-hybridized carbons (Fsp3) is 0.500. The summed E-state index contributed by atoms with van der Waals surface area (Å²) < 4.78 is 1.11. The van der Waals surface area contributed by atoms with E-state index in [0.717, 1.165) is 17.5 Å². The standard InChI is InChI=1S/C8H10N4O3/c9-8(13)7(5-1-2-5)11-6(12(14)15)3-4-10-11/h3-5,7H,1-2H2,(H2,9,13). The van der Waals surface area contributed by atoms with Gasteiger partial charge in [-0.3, -0.25) is 4.79 Å². The van der Waals surface area contributed by atoms with Crippen LogP contribution in [0.25, 0.3) is 0 Å². The van der Waals surface area contributed by atoms with Gasteiger partial charge in [-0.2, -0.15) is 0 Å². The number of nitrogens with zero attached hydrogens (tertiary/aromatic N) is 3. The smallest absolute Gasteiger partial charge is 0.345 e. The molecule has 1 heterocycles. The first-order valence-electron chi connectivity index (χ1n) is 4.58. The molecule has 80 valence electrons. The van der Waals surface area contributed by atoms with E-state index in [-0.39, 0.29) is 11.7 Å². The minimum atomic E-state index is -0.680. The Balaban J connectivity index is 2.37. The third-order valence-corrected chi connectivity index (χ3v) is 2.46. The SMILES string of the molecule is NC(=O)C(C1CC1)n1nccc1[N+](=O)[O-]. The van der Waals surface area contributed by atoms with E-state index in [2.05, 4.69) is 5.10 Å². The summed E-state index contributed by atoms with van der Waals surface area (Å²) in [6.07, 6.45) is 3.03. The number of carbonyl (C=O) groups is 1. The maximum absolute atomic E-state index is 11.2. The fourth-order valence-electron chi connectivity index (χ4n) is 1.63. The number of rotatable bonds is 4. The van der Waals surface area contributed by atoms with E-state index in [9.17, 15) is 14.9 Å². The molecular weight excluding hydrogens is 200 g/mol.